The molecule has 2 heterocycles. The first-order chi connectivity index (χ1) is 14.6. The zero-order valence-electron chi connectivity index (χ0n) is 17.9. The molecule has 2 aromatic rings. The number of methoxy groups -OCH3 is 1. The molecule has 0 bridgehead atoms. The topological polar surface area (TPSA) is 57.3 Å². The van der Waals surface area contributed by atoms with E-state index < -0.39 is 0 Å². The molecule has 1 unspecified atom stereocenters. The third kappa shape index (κ3) is 6.10. The van der Waals surface area contributed by atoms with Gasteiger partial charge in [0.2, 0.25) is 0 Å². The van der Waals surface area contributed by atoms with Crippen LogP contribution in [0.3, 0.4) is 0 Å². The normalized spacial score (nSPS) is 19.4. The van der Waals surface area contributed by atoms with Crippen molar-refractivity contribution in [3.63, 3.8) is 0 Å². The molecular weight excluding hydrogens is 525 g/mol. The van der Waals surface area contributed by atoms with Crippen LogP contribution >= 0.6 is 35.6 Å². The largest absolute Gasteiger partial charge is 0.497 e. The minimum absolute atomic E-state index is 0. The minimum Gasteiger partial charge on any atom is -0.497 e. The van der Waals surface area contributed by atoms with E-state index in [1.807, 2.05) is 24.3 Å². The number of anilines is 2. The van der Waals surface area contributed by atoms with E-state index in [0.717, 1.165) is 63.0 Å². The Hall–Kier alpha value is -1.87. The fourth-order valence-electron chi connectivity index (χ4n) is 4.19. The Kier molecular flexibility index (Phi) is 8.54. The summed E-state index contributed by atoms with van der Waals surface area (Å²) < 4.78 is 5.35. The van der Waals surface area contributed by atoms with Crippen molar-refractivity contribution in [1.29, 1.82) is 0 Å². The van der Waals surface area contributed by atoms with Crippen molar-refractivity contribution in [3.05, 3.63) is 53.6 Å². The number of hydrogen-bond acceptors (Lipinski definition) is 4. The van der Waals surface area contributed by atoms with E-state index in [4.69, 9.17) is 27.1 Å². The summed E-state index contributed by atoms with van der Waals surface area (Å²) in [6, 6.07) is 16.3. The summed E-state index contributed by atoms with van der Waals surface area (Å²) in [5.41, 5.74) is 8.75. The number of piperazine rings is 1. The van der Waals surface area contributed by atoms with Crippen LogP contribution in [0.1, 0.15) is 6.42 Å². The highest BCUT2D eigenvalue weighted by Gasteiger charge is 2.24. The molecule has 8 heteroatoms. The lowest BCUT2D eigenvalue weighted by Gasteiger charge is -2.36. The van der Waals surface area contributed by atoms with E-state index in [2.05, 4.69) is 39.0 Å². The number of rotatable bonds is 5. The summed E-state index contributed by atoms with van der Waals surface area (Å²) >= 11 is 5.99. The van der Waals surface area contributed by atoms with Gasteiger partial charge in [-0.3, -0.25) is 4.99 Å². The second-order valence-electron chi connectivity index (χ2n) is 7.95. The van der Waals surface area contributed by atoms with Gasteiger partial charge in [0.15, 0.2) is 5.96 Å². The summed E-state index contributed by atoms with van der Waals surface area (Å²) in [4.78, 5) is 11.7. The molecule has 0 amide bonds. The second-order valence-corrected chi connectivity index (χ2v) is 8.39. The monoisotopic (exact) mass is 555 g/mol. The molecule has 0 saturated carbocycles. The molecule has 2 saturated heterocycles. The van der Waals surface area contributed by atoms with Gasteiger partial charge in [0, 0.05) is 68.3 Å². The van der Waals surface area contributed by atoms with Crippen molar-refractivity contribution in [1.82, 2.24) is 4.90 Å². The fourth-order valence-corrected chi connectivity index (χ4v) is 4.32. The molecule has 2 aliphatic rings. The van der Waals surface area contributed by atoms with Crippen LogP contribution in [0, 0.1) is 5.92 Å². The van der Waals surface area contributed by atoms with E-state index in [-0.39, 0.29) is 24.0 Å². The van der Waals surface area contributed by atoms with Crippen molar-refractivity contribution >= 4 is 52.9 Å². The van der Waals surface area contributed by atoms with Gasteiger partial charge in [-0.15, -0.1) is 24.0 Å². The number of benzene rings is 2. The van der Waals surface area contributed by atoms with Gasteiger partial charge in [-0.2, -0.15) is 0 Å². The number of nitrogens with zero attached hydrogens (tertiary/aromatic N) is 4. The van der Waals surface area contributed by atoms with Gasteiger partial charge >= 0.3 is 0 Å². The molecule has 0 spiro atoms. The van der Waals surface area contributed by atoms with Crippen LogP contribution in [0.4, 0.5) is 11.4 Å². The standard InChI is InChI=1S/C23H30ClN5O.HI/c1-30-22-4-2-3-21(15-22)29-10-9-18(17-29)16-26-23(25)28-13-11-27(12-14-28)20-7-5-19(24)6-8-20;/h2-8,15,18H,9-14,16-17H2,1H3,(H2,25,26);1H. The van der Waals surface area contributed by atoms with Crippen LogP contribution in [-0.2, 0) is 0 Å². The molecule has 6 nitrogen and oxygen atoms in total. The summed E-state index contributed by atoms with van der Waals surface area (Å²) in [7, 11) is 1.71. The highest BCUT2D eigenvalue weighted by atomic mass is 127. The Morgan fingerprint density at radius 3 is 2.48 bits per heavy atom. The van der Waals surface area contributed by atoms with Crippen molar-refractivity contribution in [2.45, 2.75) is 6.42 Å². The summed E-state index contributed by atoms with van der Waals surface area (Å²) in [6.45, 7) is 6.48. The maximum Gasteiger partial charge on any atom is 0.191 e. The molecular formula is C23H31ClIN5O. The van der Waals surface area contributed by atoms with Crippen molar-refractivity contribution in [3.8, 4) is 5.75 Å². The maximum atomic E-state index is 6.32. The van der Waals surface area contributed by atoms with E-state index in [0.29, 0.717) is 11.9 Å². The number of guanidine groups is 1. The van der Waals surface area contributed by atoms with Crippen LogP contribution in [0.25, 0.3) is 0 Å². The smallest absolute Gasteiger partial charge is 0.191 e. The van der Waals surface area contributed by atoms with Crippen LogP contribution < -0.4 is 20.3 Å². The highest BCUT2D eigenvalue weighted by Crippen LogP contribution is 2.27. The highest BCUT2D eigenvalue weighted by molar-refractivity contribution is 14.0. The first-order valence-electron chi connectivity index (χ1n) is 10.6. The quantitative estimate of drug-likeness (QED) is 0.344. The molecule has 0 radical (unpaired) electrons. The van der Waals surface area contributed by atoms with Gasteiger partial charge in [0.25, 0.3) is 0 Å². The molecule has 2 aliphatic heterocycles. The average Bonchev–Trinajstić information content (AvgIpc) is 3.27. The third-order valence-corrected chi connectivity index (χ3v) is 6.26. The van der Waals surface area contributed by atoms with Gasteiger partial charge in [-0.05, 0) is 48.7 Å². The van der Waals surface area contributed by atoms with E-state index in [1.165, 1.54) is 11.4 Å². The van der Waals surface area contributed by atoms with E-state index >= 15 is 0 Å². The maximum absolute atomic E-state index is 6.32. The number of nitrogens with two attached hydrogens (primary N) is 1. The molecule has 2 fully saturated rings. The Morgan fingerprint density at radius 2 is 1.77 bits per heavy atom. The summed E-state index contributed by atoms with van der Waals surface area (Å²) in [5, 5.41) is 0.769. The van der Waals surface area contributed by atoms with Crippen molar-refractivity contribution < 1.29 is 4.74 Å². The van der Waals surface area contributed by atoms with Crippen molar-refractivity contribution in [2.75, 3.05) is 62.7 Å². The van der Waals surface area contributed by atoms with E-state index in [1.54, 1.807) is 7.11 Å². The van der Waals surface area contributed by atoms with E-state index in [9.17, 15) is 0 Å². The summed E-state index contributed by atoms with van der Waals surface area (Å²) in [5.74, 6) is 2.10. The van der Waals surface area contributed by atoms with Gasteiger partial charge in [0.1, 0.15) is 5.75 Å². The molecule has 1 atom stereocenters. The predicted molar refractivity (Wildman–Crippen MR) is 140 cm³/mol. The van der Waals surface area contributed by atoms with Crippen LogP contribution in [0.15, 0.2) is 53.5 Å². The van der Waals surface area contributed by atoms with Crippen molar-refractivity contribution in [2.24, 2.45) is 16.6 Å². The second kappa shape index (κ2) is 11.1. The first kappa shape index (κ1) is 23.8. The van der Waals surface area contributed by atoms with Crippen LogP contribution in [-0.4, -0.2) is 63.8 Å². The zero-order valence-corrected chi connectivity index (χ0v) is 21.0. The number of halogens is 2. The van der Waals surface area contributed by atoms with Gasteiger partial charge in [-0.1, -0.05) is 17.7 Å². The Balaban J connectivity index is 0.00000272. The number of ether oxygens (including phenoxy) is 1. The average molecular weight is 556 g/mol. The van der Waals surface area contributed by atoms with Gasteiger partial charge < -0.3 is 25.2 Å². The first-order valence-corrected chi connectivity index (χ1v) is 10.9. The Labute approximate surface area is 207 Å². The Morgan fingerprint density at radius 1 is 1.03 bits per heavy atom. The number of hydrogen-bond donors (Lipinski definition) is 1. The third-order valence-electron chi connectivity index (χ3n) is 6.01. The molecule has 2 aromatic carbocycles. The summed E-state index contributed by atoms with van der Waals surface area (Å²) in [6.07, 6.45) is 1.14. The van der Waals surface area contributed by atoms with Crippen LogP contribution in [0.2, 0.25) is 5.02 Å². The lowest BCUT2D eigenvalue weighted by atomic mass is 10.1. The lowest BCUT2D eigenvalue weighted by Crippen LogP contribution is -2.51. The molecule has 0 aliphatic carbocycles. The Bertz CT molecular complexity index is 871. The van der Waals surface area contributed by atoms with Gasteiger partial charge in [-0.25, -0.2) is 0 Å². The van der Waals surface area contributed by atoms with Gasteiger partial charge in [0.05, 0.1) is 7.11 Å². The fraction of sp³-hybridized carbons (Fsp3) is 0.435. The number of aliphatic imine (C=N–C) groups is 1. The molecule has 168 valence electrons. The SMILES string of the molecule is COc1cccc(N2CCC(CN=C(N)N3CCN(c4ccc(Cl)cc4)CC3)C2)c1.I. The molecule has 2 N–H and O–H groups in total. The predicted octanol–water partition coefficient (Wildman–Crippen LogP) is 3.93. The molecule has 31 heavy (non-hydrogen) atoms. The lowest BCUT2D eigenvalue weighted by molar-refractivity contribution is 0.379. The minimum atomic E-state index is 0. The van der Waals surface area contributed by atoms with Crippen LogP contribution in [0.5, 0.6) is 5.75 Å². The molecule has 4 rings (SSSR count). The zero-order chi connectivity index (χ0) is 20.9. The molecule has 0 aromatic heterocycles.